The van der Waals surface area contributed by atoms with E-state index in [2.05, 4.69) is 0 Å². The number of nitrogens with zero attached hydrogens (tertiary/aromatic N) is 1. The number of ether oxygens (including phenoxy) is 1. The van der Waals surface area contributed by atoms with Gasteiger partial charge in [-0.2, -0.15) is 22.0 Å². The Kier molecular flexibility index (Phi) is 4.65. The number of carboxylic acids is 1. The maximum absolute atomic E-state index is 13.5. The molecule has 5 nitrogen and oxygen atoms in total. The fourth-order valence-electron chi connectivity index (χ4n) is 2.21. The highest BCUT2D eigenvalue weighted by atomic mass is 19.4. The van der Waals surface area contributed by atoms with Crippen LogP contribution < -0.4 is 0 Å². The summed E-state index contributed by atoms with van der Waals surface area (Å²) in [4.78, 5) is 23.3. The van der Waals surface area contributed by atoms with Gasteiger partial charge < -0.3 is 9.84 Å². The summed E-state index contributed by atoms with van der Waals surface area (Å²) in [5.41, 5.74) is -1.04. The number of carboxylic acid groups (broad SMARTS) is 1. The first-order valence-electron chi connectivity index (χ1n) is 6.35. The maximum Gasteiger partial charge on any atom is 0.453 e. The number of carbonyl (C=O) groups excluding carboxylic acids is 1. The molecule has 1 amide bonds. The second kappa shape index (κ2) is 5.54. The molecule has 0 unspecified atom stereocenters. The molecule has 128 valence electrons. The number of hydrogen-bond acceptors (Lipinski definition) is 3. The van der Waals surface area contributed by atoms with Crippen LogP contribution >= 0.6 is 0 Å². The summed E-state index contributed by atoms with van der Waals surface area (Å²) in [7, 11) is 0. The van der Waals surface area contributed by atoms with Crippen LogP contribution in [-0.4, -0.2) is 52.4 Å². The zero-order valence-electron chi connectivity index (χ0n) is 12.1. The second-order valence-electron chi connectivity index (χ2n) is 5.97. The second-order valence-corrected chi connectivity index (χ2v) is 5.97. The Labute approximate surface area is 123 Å². The zero-order valence-corrected chi connectivity index (χ0v) is 12.1. The minimum Gasteiger partial charge on any atom is -0.480 e. The van der Waals surface area contributed by atoms with E-state index in [1.54, 1.807) is 0 Å². The molecule has 0 saturated carbocycles. The molecule has 0 bridgehead atoms. The summed E-state index contributed by atoms with van der Waals surface area (Å²) in [6, 6.07) is -2.30. The van der Waals surface area contributed by atoms with Gasteiger partial charge in [-0.1, -0.05) is 0 Å². The van der Waals surface area contributed by atoms with Crippen molar-refractivity contribution in [2.45, 2.75) is 50.9 Å². The van der Waals surface area contributed by atoms with E-state index in [9.17, 15) is 31.5 Å². The van der Waals surface area contributed by atoms with E-state index in [1.807, 2.05) is 0 Å². The van der Waals surface area contributed by atoms with E-state index in [0.717, 1.165) is 0 Å². The van der Waals surface area contributed by atoms with Crippen molar-refractivity contribution in [2.75, 3.05) is 6.54 Å². The fourth-order valence-corrected chi connectivity index (χ4v) is 2.21. The van der Waals surface area contributed by atoms with Crippen LogP contribution in [0.3, 0.4) is 0 Å². The summed E-state index contributed by atoms with van der Waals surface area (Å²) < 4.78 is 69.1. The number of alkyl halides is 5. The first kappa shape index (κ1) is 18.4. The Morgan fingerprint density at radius 2 is 1.64 bits per heavy atom. The third-order valence-electron chi connectivity index (χ3n) is 3.12. The monoisotopic (exact) mass is 333 g/mol. The third kappa shape index (κ3) is 3.58. The highest BCUT2D eigenvalue weighted by Gasteiger charge is 2.67. The minimum atomic E-state index is -5.89. The third-order valence-corrected chi connectivity index (χ3v) is 3.12. The molecule has 0 aromatic carbocycles. The predicted octanol–water partition coefficient (Wildman–Crippen LogP) is 2.89. The SMILES string of the molecule is CC(C)(C)OC(=O)N1CC[C@@H](C(F)(F)C(F)(F)F)[C@@H]1C(=O)O. The molecule has 22 heavy (non-hydrogen) atoms. The first-order valence-corrected chi connectivity index (χ1v) is 6.35. The molecule has 0 aliphatic carbocycles. The van der Waals surface area contributed by atoms with Gasteiger partial charge in [-0.3, -0.25) is 4.90 Å². The minimum absolute atomic E-state index is 0.401. The largest absolute Gasteiger partial charge is 0.480 e. The van der Waals surface area contributed by atoms with Crippen LogP contribution in [-0.2, 0) is 9.53 Å². The Bertz CT molecular complexity index is 457. The Morgan fingerprint density at radius 1 is 1.14 bits per heavy atom. The van der Waals surface area contributed by atoms with Gasteiger partial charge in [0.2, 0.25) is 0 Å². The summed E-state index contributed by atoms with van der Waals surface area (Å²) in [5.74, 6) is -9.71. The smallest absolute Gasteiger partial charge is 0.453 e. The number of likely N-dealkylation sites (tertiary alicyclic amines) is 1. The summed E-state index contributed by atoms with van der Waals surface area (Å²) in [5, 5.41) is 8.98. The van der Waals surface area contributed by atoms with E-state index in [-0.39, 0.29) is 0 Å². The van der Waals surface area contributed by atoms with Gasteiger partial charge in [-0.25, -0.2) is 9.59 Å². The average Bonchev–Trinajstić information content (AvgIpc) is 2.69. The Balaban J connectivity index is 3.07. The van der Waals surface area contributed by atoms with Gasteiger partial charge in [0.25, 0.3) is 0 Å². The summed E-state index contributed by atoms with van der Waals surface area (Å²) in [6.45, 7) is 3.82. The van der Waals surface area contributed by atoms with Crippen LogP contribution in [0.2, 0.25) is 0 Å². The molecule has 0 aromatic rings. The standard InChI is InChI=1S/C12H16F5NO4/c1-10(2,3)22-9(21)18-5-4-6(7(18)8(19)20)11(13,14)12(15,16)17/h6-7H,4-5H2,1-3H3,(H,19,20)/t6-,7-/m1/s1. The molecule has 1 heterocycles. The average molecular weight is 333 g/mol. The van der Waals surface area contributed by atoms with Gasteiger partial charge in [-0.15, -0.1) is 0 Å². The van der Waals surface area contributed by atoms with Crippen molar-refractivity contribution in [3.63, 3.8) is 0 Å². The lowest BCUT2D eigenvalue weighted by Gasteiger charge is -2.31. The van der Waals surface area contributed by atoms with Crippen LogP contribution in [0.5, 0.6) is 0 Å². The van der Waals surface area contributed by atoms with Gasteiger partial charge in [0.15, 0.2) is 0 Å². The lowest BCUT2D eigenvalue weighted by atomic mass is 9.92. The van der Waals surface area contributed by atoms with Crippen molar-refractivity contribution in [3.8, 4) is 0 Å². The van der Waals surface area contributed by atoms with Crippen molar-refractivity contribution in [1.29, 1.82) is 0 Å². The highest BCUT2D eigenvalue weighted by molar-refractivity contribution is 5.81. The summed E-state index contributed by atoms with van der Waals surface area (Å²) >= 11 is 0. The Morgan fingerprint density at radius 3 is 2.00 bits per heavy atom. The highest BCUT2D eigenvalue weighted by Crippen LogP contribution is 2.47. The topological polar surface area (TPSA) is 66.8 Å². The molecule has 2 atom stereocenters. The molecule has 1 aliphatic rings. The van der Waals surface area contributed by atoms with Crippen LogP contribution in [0.4, 0.5) is 26.7 Å². The maximum atomic E-state index is 13.5. The van der Waals surface area contributed by atoms with Crippen LogP contribution in [0, 0.1) is 5.92 Å². The molecule has 1 saturated heterocycles. The van der Waals surface area contributed by atoms with Gasteiger partial charge in [0.05, 0.1) is 5.92 Å². The summed E-state index contributed by atoms with van der Waals surface area (Å²) in [6.07, 6.45) is -7.92. The number of amides is 1. The molecule has 10 heteroatoms. The van der Waals surface area contributed by atoms with Crippen molar-refractivity contribution in [1.82, 2.24) is 4.90 Å². The molecule has 1 rings (SSSR count). The van der Waals surface area contributed by atoms with Crippen molar-refractivity contribution >= 4 is 12.1 Å². The number of carbonyl (C=O) groups is 2. The number of aliphatic carboxylic acids is 1. The van der Waals surface area contributed by atoms with Crippen molar-refractivity contribution in [3.05, 3.63) is 0 Å². The molecule has 1 aliphatic heterocycles. The molecule has 0 spiro atoms. The molecule has 1 fully saturated rings. The van der Waals surface area contributed by atoms with E-state index in [0.29, 0.717) is 4.90 Å². The van der Waals surface area contributed by atoms with Gasteiger partial charge >= 0.3 is 24.2 Å². The van der Waals surface area contributed by atoms with Crippen LogP contribution in [0.1, 0.15) is 27.2 Å². The van der Waals surface area contributed by atoms with E-state index in [4.69, 9.17) is 9.84 Å². The van der Waals surface area contributed by atoms with E-state index >= 15 is 0 Å². The number of hydrogen-bond donors (Lipinski definition) is 1. The van der Waals surface area contributed by atoms with E-state index < -0.39 is 54.7 Å². The number of rotatable bonds is 2. The zero-order chi connectivity index (χ0) is 17.5. The number of halogens is 5. The quantitative estimate of drug-likeness (QED) is 0.789. The lowest BCUT2D eigenvalue weighted by Crippen LogP contribution is -2.53. The Hall–Kier alpha value is -1.61. The fraction of sp³-hybridized carbons (Fsp3) is 0.833. The van der Waals surface area contributed by atoms with Gasteiger partial charge in [0.1, 0.15) is 11.6 Å². The molecular weight excluding hydrogens is 317 g/mol. The first-order chi connectivity index (χ1) is 9.68. The van der Waals surface area contributed by atoms with Crippen molar-refractivity contribution in [2.24, 2.45) is 5.92 Å². The predicted molar refractivity (Wildman–Crippen MR) is 63.5 cm³/mol. The van der Waals surface area contributed by atoms with Crippen LogP contribution in [0.15, 0.2) is 0 Å². The van der Waals surface area contributed by atoms with Crippen molar-refractivity contribution < 1.29 is 41.4 Å². The molecular formula is C12H16F5NO4. The molecule has 1 N–H and O–H groups in total. The van der Waals surface area contributed by atoms with Crippen LogP contribution in [0.25, 0.3) is 0 Å². The molecule has 0 aromatic heterocycles. The molecule has 0 radical (unpaired) electrons. The van der Waals surface area contributed by atoms with Gasteiger partial charge in [-0.05, 0) is 27.2 Å². The normalized spacial score (nSPS) is 23.5. The van der Waals surface area contributed by atoms with E-state index in [1.165, 1.54) is 20.8 Å². The lowest BCUT2D eigenvalue weighted by molar-refractivity contribution is -0.304. The van der Waals surface area contributed by atoms with Gasteiger partial charge in [0, 0.05) is 6.54 Å².